The van der Waals surface area contributed by atoms with Crippen LogP contribution in [0.5, 0.6) is 0 Å². The molecule has 8 heteroatoms. The Kier molecular flexibility index (Phi) is 7.75. The monoisotopic (exact) mass is 394 g/mol. The summed E-state index contributed by atoms with van der Waals surface area (Å²) >= 11 is 0. The molecular formula is C19H23FN2O4S. The second-order valence-electron chi connectivity index (χ2n) is 5.70. The predicted molar refractivity (Wildman–Crippen MR) is 101 cm³/mol. The van der Waals surface area contributed by atoms with Crippen molar-refractivity contribution in [1.29, 1.82) is 0 Å². The summed E-state index contributed by atoms with van der Waals surface area (Å²) < 4.78 is 45.4. The lowest BCUT2D eigenvalue weighted by molar-refractivity contribution is -0.119. The van der Waals surface area contributed by atoms with E-state index in [1.807, 2.05) is 6.92 Å². The molecule has 0 aliphatic carbocycles. The number of carbonyl (C=O) groups excluding carboxylic acids is 1. The van der Waals surface area contributed by atoms with Crippen molar-refractivity contribution < 1.29 is 22.3 Å². The van der Waals surface area contributed by atoms with Gasteiger partial charge in [0.2, 0.25) is 5.91 Å². The Bertz CT molecular complexity index is 827. The lowest BCUT2D eigenvalue weighted by Gasteiger charge is -2.24. The number of hydrogen-bond acceptors (Lipinski definition) is 4. The second-order valence-corrected chi connectivity index (χ2v) is 7.56. The van der Waals surface area contributed by atoms with E-state index in [4.69, 9.17) is 4.74 Å². The van der Waals surface area contributed by atoms with Crippen LogP contribution in [0.3, 0.4) is 0 Å². The van der Waals surface area contributed by atoms with Gasteiger partial charge in [-0.15, -0.1) is 0 Å². The van der Waals surface area contributed by atoms with Crippen LogP contribution in [-0.4, -0.2) is 40.6 Å². The molecule has 2 aromatic rings. The number of rotatable bonds is 10. The topological polar surface area (TPSA) is 75.7 Å². The molecule has 0 heterocycles. The van der Waals surface area contributed by atoms with E-state index in [0.717, 1.165) is 16.4 Å². The van der Waals surface area contributed by atoms with Gasteiger partial charge >= 0.3 is 0 Å². The van der Waals surface area contributed by atoms with Gasteiger partial charge in [0.25, 0.3) is 10.0 Å². The first-order valence-electron chi connectivity index (χ1n) is 8.63. The number of amides is 1. The molecule has 0 saturated heterocycles. The molecule has 1 N–H and O–H groups in total. The summed E-state index contributed by atoms with van der Waals surface area (Å²) in [5, 5.41) is 2.69. The van der Waals surface area contributed by atoms with Gasteiger partial charge in [-0.2, -0.15) is 0 Å². The fourth-order valence-corrected chi connectivity index (χ4v) is 3.80. The number of halogens is 1. The van der Waals surface area contributed by atoms with Gasteiger partial charge in [-0.3, -0.25) is 9.10 Å². The van der Waals surface area contributed by atoms with Gasteiger partial charge < -0.3 is 10.1 Å². The Morgan fingerprint density at radius 2 is 1.78 bits per heavy atom. The van der Waals surface area contributed by atoms with Crippen molar-refractivity contribution in [2.24, 2.45) is 0 Å². The van der Waals surface area contributed by atoms with Crippen molar-refractivity contribution in [3.05, 3.63) is 60.4 Å². The first-order chi connectivity index (χ1) is 12.9. The zero-order valence-electron chi connectivity index (χ0n) is 15.1. The fraction of sp³-hybridized carbons (Fsp3) is 0.316. The molecule has 0 aliphatic rings. The van der Waals surface area contributed by atoms with Gasteiger partial charge in [-0.25, -0.2) is 12.8 Å². The maximum Gasteiger partial charge on any atom is 0.264 e. The van der Waals surface area contributed by atoms with Gasteiger partial charge in [0.15, 0.2) is 0 Å². The van der Waals surface area contributed by atoms with Crippen LogP contribution >= 0.6 is 0 Å². The minimum absolute atomic E-state index is 0.0862. The molecule has 2 rings (SSSR count). The lowest BCUT2D eigenvalue weighted by Crippen LogP contribution is -2.41. The maximum absolute atomic E-state index is 13.2. The summed E-state index contributed by atoms with van der Waals surface area (Å²) in [5.41, 5.74) is 0.353. The van der Waals surface area contributed by atoms with E-state index in [2.05, 4.69) is 5.32 Å². The van der Waals surface area contributed by atoms with E-state index in [-0.39, 0.29) is 11.4 Å². The average molecular weight is 394 g/mol. The Balaban J connectivity index is 2.17. The van der Waals surface area contributed by atoms with Gasteiger partial charge in [0.1, 0.15) is 12.4 Å². The molecule has 0 aliphatic heterocycles. The molecule has 0 aromatic heterocycles. The zero-order chi connectivity index (χ0) is 19.7. The molecule has 0 spiro atoms. The number of anilines is 1. The fourth-order valence-electron chi connectivity index (χ4n) is 2.38. The molecule has 146 valence electrons. The van der Waals surface area contributed by atoms with E-state index in [1.165, 1.54) is 12.1 Å². The Morgan fingerprint density at radius 3 is 2.41 bits per heavy atom. The van der Waals surface area contributed by atoms with E-state index >= 15 is 0 Å². The smallest absolute Gasteiger partial charge is 0.264 e. The number of benzene rings is 2. The largest absolute Gasteiger partial charge is 0.382 e. The van der Waals surface area contributed by atoms with E-state index in [1.54, 1.807) is 30.3 Å². The van der Waals surface area contributed by atoms with Crippen LogP contribution in [0.2, 0.25) is 0 Å². The van der Waals surface area contributed by atoms with E-state index in [0.29, 0.717) is 31.9 Å². The molecule has 0 unspecified atom stereocenters. The van der Waals surface area contributed by atoms with Crippen LogP contribution in [0, 0.1) is 5.82 Å². The van der Waals surface area contributed by atoms with Crippen LogP contribution in [0.1, 0.15) is 13.3 Å². The predicted octanol–water partition coefficient (Wildman–Crippen LogP) is 2.56. The number of sulfonamides is 1. The van der Waals surface area contributed by atoms with Crippen LogP contribution in [-0.2, 0) is 19.6 Å². The highest BCUT2D eigenvalue weighted by Gasteiger charge is 2.27. The van der Waals surface area contributed by atoms with Crippen LogP contribution < -0.4 is 9.62 Å². The van der Waals surface area contributed by atoms with Gasteiger partial charge in [-0.05, 0) is 49.7 Å². The van der Waals surface area contributed by atoms with E-state index < -0.39 is 21.7 Å². The van der Waals surface area contributed by atoms with Crippen molar-refractivity contribution in [2.45, 2.75) is 18.2 Å². The molecule has 6 nitrogen and oxygen atoms in total. The number of nitrogens with zero attached hydrogens (tertiary/aromatic N) is 1. The Labute approximate surface area is 159 Å². The third kappa shape index (κ3) is 6.04. The standard InChI is InChI=1S/C19H23FN2O4S/c1-2-26-14-6-13-21-19(23)15-22(17-7-4-3-5-8-17)27(24,25)18-11-9-16(20)10-12-18/h3-5,7-12H,2,6,13-15H2,1H3,(H,21,23). The minimum Gasteiger partial charge on any atom is -0.382 e. The highest BCUT2D eigenvalue weighted by atomic mass is 32.2. The third-order valence-electron chi connectivity index (χ3n) is 3.72. The number of hydrogen-bond donors (Lipinski definition) is 1. The average Bonchev–Trinajstić information content (AvgIpc) is 2.67. The van der Waals surface area contributed by atoms with Crippen molar-refractivity contribution in [3.63, 3.8) is 0 Å². The normalized spacial score (nSPS) is 11.2. The zero-order valence-corrected chi connectivity index (χ0v) is 15.9. The van der Waals surface area contributed by atoms with Gasteiger partial charge in [0.05, 0.1) is 10.6 Å². The van der Waals surface area contributed by atoms with Gasteiger partial charge in [-0.1, -0.05) is 18.2 Å². The Hall–Kier alpha value is -2.45. The SMILES string of the molecule is CCOCCCNC(=O)CN(c1ccccc1)S(=O)(=O)c1ccc(F)cc1. The summed E-state index contributed by atoms with van der Waals surface area (Å²) in [6.45, 7) is 3.02. The molecular weight excluding hydrogens is 371 g/mol. The van der Waals surface area contributed by atoms with Crippen LogP contribution in [0.25, 0.3) is 0 Å². The minimum atomic E-state index is -4.02. The van der Waals surface area contributed by atoms with Crippen molar-refractivity contribution in [3.8, 4) is 0 Å². The molecule has 0 bridgehead atoms. The molecule has 0 saturated carbocycles. The number of para-hydroxylation sites is 1. The van der Waals surface area contributed by atoms with Crippen molar-refractivity contribution in [2.75, 3.05) is 30.6 Å². The molecule has 1 amide bonds. The Morgan fingerprint density at radius 1 is 1.11 bits per heavy atom. The van der Waals surface area contributed by atoms with Crippen molar-refractivity contribution in [1.82, 2.24) is 5.32 Å². The highest BCUT2D eigenvalue weighted by Crippen LogP contribution is 2.23. The first kappa shape index (κ1) is 20.9. The lowest BCUT2D eigenvalue weighted by atomic mass is 10.3. The number of ether oxygens (including phenoxy) is 1. The highest BCUT2D eigenvalue weighted by molar-refractivity contribution is 7.92. The quantitative estimate of drug-likeness (QED) is 0.629. The van der Waals surface area contributed by atoms with E-state index in [9.17, 15) is 17.6 Å². The number of carbonyl (C=O) groups is 1. The third-order valence-corrected chi connectivity index (χ3v) is 5.51. The summed E-state index contributed by atoms with van der Waals surface area (Å²) in [4.78, 5) is 12.2. The summed E-state index contributed by atoms with van der Waals surface area (Å²) in [5.74, 6) is -0.965. The van der Waals surface area contributed by atoms with Crippen LogP contribution in [0.15, 0.2) is 59.5 Å². The summed E-state index contributed by atoms with van der Waals surface area (Å²) in [6.07, 6.45) is 0.635. The summed E-state index contributed by atoms with van der Waals surface area (Å²) in [6, 6.07) is 12.8. The maximum atomic E-state index is 13.2. The number of nitrogens with one attached hydrogen (secondary N) is 1. The molecule has 0 radical (unpaired) electrons. The molecule has 0 atom stereocenters. The first-order valence-corrected chi connectivity index (χ1v) is 10.1. The van der Waals surface area contributed by atoms with Gasteiger partial charge in [0, 0.05) is 19.8 Å². The summed E-state index contributed by atoms with van der Waals surface area (Å²) in [7, 11) is -4.02. The molecule has 2 aromatic carbocycles. The molecule has 27 heavy (non-hydrogen) atoms. The molecule has 0 fully saturated rings. The second kappa shape index (κ2) is 10.0. The van der Waals surface area contributed by atoms with Crippen LogP contribution in [0.4, 0.5) is 10.1 Å². The van der Waals surface area contributed by atoms with Crippen molar-refractivity contribution >= 4 is 21.6 Å².